The van der Waals surface area contributed by atoms with Gasteiger partial charge in [-0.1, -0.05) is 98.3 Å². The van der Waals surface area contributed by atoms with E-state index in [4.69, 9.17) is 28.4 Å². The van der Waals surface area contributed by atoms with Crippen molar-refractivity contribution >= 4 is 17.4 Å². The second kappa shape index (κ2) is 34.1. The van der Waals surface area contributed by atoms with Gasteiger partial charge < -0.3 is 58.9 Å². The Bertz CT molecular complexity index is 1360. The Labute approximate surface area is 397 Å². The Kier molecular flexibility index (Phi) is 32.4. The normalized spacial score (nSPS) is 11.3. The van der Waals surface area contributed by atoms with Gasteiger partial charge in [0.1, 0.15) is 34.5 Å². The van der Waals surface area contributed by atoms with Crippen LogP contribution in [0.3, 0.4) is 0 Å². The quantitative estimate of drug-likeness (QED) is 0.0271. The van der Waals surface area contributed by atoms with E-state index in [1.807, 2.05) is 54.6 Å². The van der Waals surface area contributed by atoms with Crippen LogP contribution in [0.1, 0.15) is 177 Å². The maximum atomic E-state index is 11.1. The van der Waals surface area contributed by atoms with Crippen LogP contribution >= 0.6 is 0 Å². The molecule has 0 amide bonds. The van der Waals surface area contributed by atoms with Crippen molar-refractivity contribution in [2.24, 2.45) is 0 Å². The van der Waals surface area contributed by atoms with E-state index in [0.29, 0.717) is 90.8 Å². The molecule has 3 aromatic carbocycles. The van der Waals surface area contributed by atoms with E-state index >= 15 is 0 Å². The monoisotopic (exact) mass is 913 g/mol. The van der Waals surface area contributed by atoms with Gasteiger partial charge in [0.05, 0.1) is 73.1 Å². The molecule has 0 spiro atoms. The van der Waals surface area contributed by atoms with Gasteiger partial charge in [0.15, 0.2) is 0 Å². The zero-order chi connectivity index (χ0) is 47.2. The third-order valence-electron chi connectivity index (χ3n) is 9.93. The molecular weight excluding hydrogens is 832 g/mol. The average Bonchev–Trinajstić information content (AvgIpc) is 3.27. The van der Waals surface area contributed by atoms with Crippen LogP contribution in [0.4, 0.5) is 0 Å². The van der Waals surface area contributed by atoms with Gasteiger partial charge in [-0.2, -0.15) is 0 Å². The molecule has 0 aliphatic heterocycles. The molecule has 0 bridgehead atoms. The molecular formula is C51H81AlO12. The van der Waals surface area contributed by atoms with E-state index in [1.54, 1.807) is 41.5 Å². The molecule has 0 N–H and O–H groups in total. The summed E-state index contributed by atoms with van der Waals surface area (Å²) in [5, 5.41) is 33.3. The van der Waals surface area contributed by atoms with Gasteiger partial charge in [-0.15, -0.1) is 0 Å². The van der Waals surface area contributed by atoms with Crippen LogP contribution in [0.2, 0.25) is 0 Å². The fourth-order valence-corrected chi connectivity index (χ4v) is 6.12. The SMILES string of the molecule is CCCCOc1cccc(OCCCC)c1C(C)(C)O[O-].CCCCOc1cccc(OCCCC)c1C(C)(C)O[O-].CCCCOc1cccc(OCCCC)c1C(C)(C)O[O-].[Al+3]. The Hall–Kier alpha value is -3.25. The average molecular weight is 913 g/mol. The van der Waals surface area contributed by atoms with E-state index < -0.39 is 16.8 Å². The van der Waals surface area contributed by atoms with E-state index in [9.17, 15) is 15.8 Å². The summed E-state index contributed by atoms with van der Waals surface area (Å²) in [5.74, 6) is 3.99. The molecule has 0 aliphatic rings. The number of ether oxygens (including phenoxy) is 6. The second-order valence-corrected chi connectivity index (χ2v) is 16.9. The molecule has 0 aliphatic carbocycles. The van der Waals surface area contributed by atoms with Crippen molar-refractivity contribution in [1.82, 2.24) is 0 Å². The van der Waals surface area contributed by atoms with Crippen LogP contribution in [0.5, 0.6) is 34.5 Å². The van der Waals surface area contributed by atoms with Gasteiger partial charge >= 0.3 is 17.4 Å². The van der Waals surface area contributed by atoms with Gasteiger partial charge in [-0.05, 0) is 116 Å². The molecule has 0 saturated carbocycles. The van der Waals surface area contributed by atoms with Crippen molar-refractivity contribution in [3.05, 3.63) is 71.3 Å². The summed E-state index contributed by atoms with van der Waals surface area (Å²) in [6.07, 6.45) is 12.2. The van der Waals surface area contributed by atoms with E-state index in [2.05, 4.69) is 56.2 Å². The summed E-state index contributed by atoms with van der Waals surface area (Å²) >= 11 is 0. The van der Waals surface area contributed by atoms with Crippen LogP contribution in [0.25, 0.3) is 0 Å². The number of hydrogen-bond acceptors (Lipinski definition) is 12. The van der Waals surface area contributed by atoms with Crippen LogP contribution in [-0.2, 0) is 31.5 Å². The number of rotatable bonds is 30. The molecule has 0 fully saturated rings. The first-order valence-corrected chi connectivity index (χ1v) is 23.3. The largest absolute Gasteiger partial charge is 3.00 e. The zero-order valence-electron chi connectivity index (χ0n) is 41.4. The van der Waals surface area contributed by atoms with E-state index in [-0.39, 0.29) is 17.4 Å². The van der Waals surface area contributed by atoms with Crippen molar-refractivity contribution in [3.8, 4) is 34.5 Å². The van der Waals surface area contributed by atoms with Gasteiger partial charge in [0, 0.05) is 0 Å². The molecule has 0 saturated heterocycles. The maximum Gasteiger partial charge on any atom is 3.00 e. The van der Waals surface area contributed by atoms with Crippen molar-refractivity contribution in [2.75, 3.05) is 39.6 Å². The summed E-state index contributed by atoms with van der Waals surface area (Å²) in [5.41, 5.74) is -0.925. The van der Waals surface area contributed by atoms with Crippen LogP contribution in [0.15, 0.2) is 54.6 Å². The van der Waals surface area contributed by atoms with Crippen LogP contribution in [-0.4, -0.2) is 57.0 Å². The van der Waals surface area contributed by atoms with E-state index in [0.717, 1.165) is 77.0 Å². The smallest absolute Gasteiger partial charge is 0.723 e. The first-order chi connectivity index (χ1) is 30.2. The summed E-state index contributed by atoms with van der Waals surface area (Å²) < 4.78 is 34.9. The maximum absolute atomic E-state index is 11.1. The topological polar surface area (TPSA) is 152 Å². The fourth-order valence-electron chi connectivity index (χ4n) is 6.12. The minimum Gasteiger partial charge on any atom is -0.723 e. The van der Waals surface area contributed by atoms with Crippen LogP contribution < -0.4 is 44.2 Å². The predicted molar refractivity (Wildman–Crippen MR) is 250 cm³/mol. The van der Waals surface area contributed by atoms with Crippen molar-refractivity contribution < 1.29 is 58.9 Å². The van der Waals surface area contributed by atoms with Crippen molar-refractivity contribution in [3.63, 3.8) is 0 Å². The number of hydrogen-bond donors (Lipinski definition) is 0. The minimum atomic E-state index is -0.996. The third kappa shape index (κ3) is 21.4. The van der Waals surface area contributed by atoms with E-state index in [1.165, 1.54) is 0 Å². The standard InChI is InChI=1S/3C17H28O4.Al/c3*1-5-7-12-19-14-10-9-11-15(20-13-8-6-2)16(14)17(3,4)21-18;/h3*9-11,18H,5-8,12-13H2,1-4H3;/q;;;+3/p-3. The first kappa shape index (κ1) is 60.8. The summed E-state index contributed by atoms with van der Waals surface area (Å²) in [7, 11) is 0. The molecule has 0 unspecified atom stereocenters. The minimum absolute atomic E-state index is 0. The summed E-state index contributed by atoms with van der Waals surface area (Å²) in [6.45, 7) is 26.8. The number of unbranched alkanes of at least 4 members (excludes halogenated alkanes) is 6. The third-order valence-corrected chi connectivity index (χ3v) is 9.93. The molecule has 0 heterocycles. The van der Waals surface area contributed by atoms with Crippen molar-refractivity contribution in [2.45, 2.75) is 177 Å². The molecule has 13 heteroatoms. The molecule has 3 rings (SSSR count). The van der Waals surface area contributed by atoms with Gasteiger partial charge in [-0.3, -0.25) is 0 Å². The summed E-state index contributed by atoms with van der Waals surface area (Å²) in [4.78, 5) is 13.2. The van der Waals surface area contributed by atoms with Gasteiger partial charge in [0.25, 0.3) is 0 Å². The molecule has 3 aromatic rings. The Balaban J connectivity index is 0.000000923. The summed E-state index contributed by atoms with van der Waals surface area (Å²) in [6, 6.07) is 16.8. The Morgan fingerprint density at radius 2 is 0.484 bits per heavy atom. The van der Waals surface area contributed by atoms with Crippen LogP contribution in [0, 0.1) is 0 Å². The van der Waals surface area contributed by atoms with Gasteiger partial charge in [0.2, 0.25) is 0 Å². The molecule has 0 radical (unpaired) electrons. The van der Waals surface area contributed by atoms with Gasteiger partial charge in [-0.25, -0.2) is 0 Å². The first-order valence-electron chi connectivity index (χ1n) is 23.3. The Morgan fingerprint density at radius 1 is 0.328 bits per heavy atom. The predicted octanol–water partition coefficient (Wildman–Crippen LogP) is 10.3. The second-order valence-electron chi connectivity index (χ2n) is 16.9. The van der Waals surface area contributed by atoms with Crippen molar-refractivity contribution in [1.29, 1.82) is 0 Å². The zero-order valence-corrected chi connectivity index (χ0v) is 42.6. The molecule has 0 aromatic heterocycles. The molecule has 12 nitrogen and oxygen atoms in total. The molecule has 360 valence electrons. The fraction of sp³-hybridized carbons (Fsp3) is 0.647. The number of benzene rings is 3. The molecule has 64 heavy (non-hydrogen) atoms. The molecule has 0 atom stereocenters. The Morgan fingerprint density at radius 3 is 0.609 bits per heavy atom.